The molecule has 0 aliphatic carbocycles. The van der Waals surface area contributed by atoms with Gasteiger partial charge in [-0.25, -0.2) is 5.06 Å². The zero-order chi connectivity index (χ0) is 16.9. The zero-order valence-electron chi connectivity index (χ0n) is 14.2. The second-order valence-corrected chi connectivity index (χ2v) is 5.28. The Kier molecular flexibility index (Phi) is 6.37. The van der Waals surface area contributed by atoms with E-state index in [-0.39, 0.29) is 11.9 Å². The molecule has 0 fully saturated rings. The van der Waals surface area contributed by atoms with Crippen LogP contribution in [0.25, 0.3) is 0 Å². The van der Waals surface area contributed by atoms with E-state index in [1.807, 2.05) is 6.07 Å². The van der Waals surface area contributed by atoms with E-state index in [1.165, 1.54) is 12.0 Å². The van der Waals surface area contributed by atoms with Crippen LogP contribution in [0.5, 0.6) is 0 Å². The van der Waals surface area contributed by atoms with Crippen LogP contribution < -0.4 is 9.80 Å². The highest BCUT2D eigenvalue weighted by Gasteiger charge is 2.19. The summed E-state index contributed by atoms with van der Waals surface area (Å²) in [7, 11) is 4.66. The second kappa shape index (κ2) is 7.79. The third kappa shape index (κ3) is 3.76. The highest BCUT2D eigenvalue weighted by molar-refractivity contribution is 5.97. The molecule has 0 aliphatic rings. The molecular formula is C16H25N3O3. The number of hydrogen-bond acceptors (Lipinski definition) is 4. The van der Waals surface area contributed by atoms with Crippen molar-refractivity contribution < 1.29 is 14.4 Å². The first-order chi connectivity index (χ1) is 10.4. The lowest BCUT2D eigenvalue weighted by Crippen LogP contribution is -2.32. The maximum atomic E-state index is 12.2. The molecule has 0 aliphatic heterocycles. The van der Waals surface area contributed by atoms with Crippen molar-refractivity contribution in [3.05, 3.63) is 23.8 Å². The number of anilines is 2. The first-order valence-electron chi connectivity index (χ1n) is 7.28. The van der Waals surface area contributed by atoms with Gasteiger partial charge >= 0.3 is 0 Å². The van der Waals surface area contributed by atoms with Gasteiger partial charge < -0.3 is 9.80 Å². The molecule has 1 aromatic rings. The molecule has 0 unspecified atom stereocenters. The monoisotopic (exact) mass is 307 g/mol. The molecule has 2 amide bonds. The summed E-state index contributed by atoms with van der Waals surface area (Å²) in [6.07, 6.45) is 0.737. The van der Waals surface area contributed by atoms with E-state index in [0.717, 1.165) is 23.7 Å². The van der Waals surface area contributed by atoms with E-state index in [4.69, 9.17) is 4.84 Å². The molecule has 0 radical (unpaired) electrons. The van der Waals surface area contributed by atoms with Crippen LogP contribution in [0.1, 0.15) is 31.1 Å². The summed E-state index contributed by atoms with van der Waals surface area (Å²) in [5, 5.41) is 1.15. The minimum atomic E-state index is -0.262. The van der Waals surface area contributed by atoms with Crippen LogP contribution in [0.3, 0.4) is 0 Å². The molecule has 0 spiro atoms. The average molecular weight is 307 g/mol. The van der Waals surface area contributed by atoms with Crippen LogP contribution in [0.2, 0.25) is 0 Å². The molecule has 6 nitrogen and oxygen atoms in total. The third-order valence-corrected chi connectivity index (χ3v) is 3.59. The molecule has 0 saturated carbocycles. The molecule has 0 saturated heterocycles. The molecule has 6 heteroatoms. The summed E-state index contributed by atoms with van der Waals surface area (Å²) in [5.41, 5.74) is 2.08. The number of carbonyl (C=O) groups is 2. The second-order valence-electron chi connectivity index (χ2n) is 5.28. The maximum Gasteiger partial charge on any atom is 0.277 e. The Morgan fingerprint density at radius 1 is 1.27 bits per heavy atom. The van der Waals surface area contributed by atoms with E-state index in [9.17, 15) is 9.59 Å². The number of benzene rings is 1. The van der Waals surface area contributed by atoms with Crippen molar-refractivity contribution in [1.82, 2.24) is 5.06 Å². The highest BCUT2D eigenvalue weighted by atomic mass is 16.7. The molecule has 22 heavy (non-hydrogen) atoms. The number of amides is 2. The van der Waals surface area contributed by atoms with Crippen LogP contribution in [0.15, 0.2) is 18.2 Å². The number of nitrogens with zero attached hydrogens (tertiary/aromatic N) is 3. The van der Waals surface area contributed by atoms with E-state index in [1.54, 1.807) is 26.2 Å². The van der Waals surface area contributed by atoms with Gasteiger partial charge in [0, 0.05) is 32.2 Å². The van der Waals surface area contributed by atoms with Crippen LogP contribution in [-0.4, -0.2) is 51.2 Å². The van der Waals surface area contributed by atoms with Crippen molar-refractivity contribution in [3.8, 4) is 0 Å². The predicted octanol–water partition coefficient (Wildman–Crippen LogP) is 2.15. The van der Waals surface area contributed by atoms with Crippen LogP contribution in [0, 0.1) is 0 Å². The van der Waals surface area contributed by atoms with Crippen LogP contribution in [0.4, 0.5) is 11.4 Å². The van der Waals surface area contributed by atoms with Crippen LogP contribution in [-0.2, 0) is 9.63 Å². The molecule has 1 aromatic carbocycles. The SMILES string of the molecule is CCN(c1ccc(C(=O)N(C)OC)cc1N(C)C=O)C(C)C. The Morgan fingerprint density at radius 3 is 2.36 bits per heavy atom. The van der Waals surface area contributed by atoms with Gasteiger partial charge in [-0.05, 0) is 39.0 Å². The van der Waals surface area contributed by atoms with Crippen LogP contribution >= 0.6 is 0 Å². The minimum absolute atomic E-state index is 0.262. The third-order valence-electron chi connectivity index (χ3n) is 3.59. The van der Waals surface area contributed by atoms with E-state index >= 15 is 0 Å². The summed E-state index contributed by atoms with van der Waals surface area (Å²) in [4.78, 5) is 32.0. The summed E-state index contributed by atoms with van der Waals surface area (Å²) in [6, 6.07) is 5.62. The molecule has 0 heterocycles. The van der Waals surface area contributed by atoms with Crippen molar-refractivity contribution in [2.75, 3.05) is 37.5 Å². The van der Waals surface area contributed by atoms with Gasteiger partial charge in [-0.2, -0.15) is 0 Å². The molecule has 122 valence electrons. The Bertz CT molecular complexity index is 531. The molecule has 0 aromatic heterocycles. The molecule has 1 rings (SSSR count). The van der Waals surface area contributed by atoms with Gasteiger partial charge in [-0.15, -0.1) is 0 Å². The fourth-order valence-corrected chi connectivity index (χ4v) is 2.32. The van der Waals surface area contributed by atoms with Gasteiger partial charge in [0.2, 0.25) is 6.41 Å². The van der Waals surface area contributed by atoms with Crippen molar-refractivity contribution in [3.63, 3.8) is 0 Å². The summed E-state index contributed by atoms with van der Waals surface area (Å²) >= 11 is 0. The lowest BCUT2D eigenvalue weighted by atomic mass is 10.1. The number of hydrogen-bond donors (Lipinski definition) is 0. The molecular weight excluding hydrogens is 282 g/mol. The van der Waals surface area contributed by atoms with Crippen molar-refractivity contribution in [2.45, 2.75) is 26.8 Å². The van der Waals surface area contributed by atoms with Gasteiger partial charge in [0.05, 0.1) is 18.5 Å². The summed E-state index contributed by atoms with van der Waals surface area (Å²) < 4.78 is 0. The first kappa shape index (κ1) is 18.0. The van der Waals surface area contributed by atoms with E-state index in [0.29, 0.717) is 11.3 Å². The fraction of sp³-hybridized carbons (Fsp3) is 0.500. The Morgan fingerprint density at radius 2 is 1.91 bits per heavy atom. The smallest absolute Gasteiger partial charge is 0.277 e. The lowest BCUT2D eigenvalue weighted by molar-refractivity contribution is -0.107. The van der Waals surface area contributed by atoms with E-state index in [2.05, 4.69) is 25.7 Å². The van der Waals surface area contributed by atoms with Gasteiger partial charge in [0.25, 0.3) is 5.91 Å². The van der Waals surface area contributed by atoms with E-state index < -0.39 is 0 Å². The largest absolute Gasteiger partial charge is 0.368 e. The number of carbonyl (C=O) groups excluding carboxylic acids is 2. The quantitative estimate of drug-likeness (QED) is 0.572. The summed E-state index contributed by atoms with van der Waals surface area (Å²) in [6.45, 7) is 7.04. The highest BCUT2D eigenvalue weighted by Crippen LogP contribution is 2.31. The van der Waals surface area contributed by atoms with Gasteiger partial charge in [-0.3, -0.25) is 14.4 Å². The Balaban J connectivity index is 3.36. The maximum absolute atomic E-state index is 12.2. The molecule has 0 bridgehead atoms. The summed E-state index contributed by atoms with van der Waals surface area (Å²) in [5.74, 6) is -0.262. The molecule has 0 N–H and O–H groups in total. The van der Waals surface area contributed by atoms with Crippen molar-refractivity contribution in [2.24, 2.45) is 0 Å². The number of rotatable bonds is 7. The number of hydroxylamine groups is 2. The average Bonchev–Trinajstić information content (AvgIpc) is 2.53. The van der Waals surface area contributed by atoms with Gasteiger partial charge in [0.15, 0.2) is 0 Å². The van der Waals surface area contributed by atoms with Gasteiger partial charge in [-0.1, -0.05) is 0 Å². The lowest BCUT2D eigenvalue weighted by Gasteiger charge is -2.31. The Hall–Kier alpha value is -2.08. The fourth-order valence-electron chi connectivity index (χ4n) is 2.32. The zero-order valence-corrected chi connectivity index (χ0v) is 14.2. The normalized spacial score (nSPS) is 10.5. The molecule has 0 atom stereocenters. The first-order valence-corrected chi connectivity index (χ1v) is 7.28. The predicted molar refractivity (Wildman–Crippen MR) is 88.2 cm³/mol. The van der Waals surface area contributed by atoms with Crippen molar-refractivity contribution >= 4 is 23.7 Å². The Labute approximate surface area is 132 Å². The topological polar surface area (TPSA) is 53.1 Å². The minimum Gasteiger partial charge on any atom is -0.368 e. The van der Waals surface area contributed by atoms with Crippen molar-refractivity contribution in [1.29, 1.82) is 0 Å². The standard InChI is InChI=1S/C16H25N3O3/c1-7-19(12(2)3)14-9-8-13(16(21)18(5)22-6)10-15(14)17(4)11-20/h8-12H,7H2,1-6H3. The van der Waals surface area contributed by atoms with Gasteiger partial charge in [0.1, 0.15) is 0 Å².